The van der Waals surface area contributed by atoms with Crippen molar-refractivity contribution in [2.45, 2.75) is 19.3 Å². The molecular formula is C21H16N2OS. The summed E-state index contributed by atoms with van der Waals surface area (Å²) in [5.74, 6) is 6.07. The Morgan fingerprint density at radius 2 is 2.04 bits per heavy atom. The van der Waals surface area contributed by atoms with Crippen LogP contribution >= 0.6 is 11.3 Å². The predicted octanol–water partition coefficient (Wildman–Crippen LogP) is 4.28. The van der Waals surface area contributed by atoms with Crippen LogP contribution in [0, 0.1) is 11.8 Å². The molecule has 0 spiro atoms. The Labute approximate surface area is 150 Å². The summed E-state index contributed by atoms with van der Waals surface area (Å²) in [6, 6.07) is 15.3. The van der Waals surface area contributed by atoms with Gasteiger partial charge in [0.1, 0.15) is 5.69 Å². The van der Waals surface area contributed by atoms with Crippen molar-refractivity contribution in [3.05, 3.63) is 81.3 Å². The van der Waals surface area contributed by atoms with Crippen molar-refractivity contribution < 1.29 is 4.79 Å². The molecular weight excluding hydrogens is 328 g/mol. The number of fused-ring (bicyclic) bond motifs is 1. The summed E-state index contributed by atoms with van der Waals surface area (Å²) in [4.78, 5) is 18.8. The summed E-state index contributed by atoms with van der Waals surface area (Å²) in [7, 11) is 0. The summed E-state index contributed by atoms with van der Waals surface area (Å²) in [5.41, 5.74) is 3.67. The molecule has 1 aliphatic carbocycles. The second-order valence-electron chi connectivity index (χ2n) is 5.91. The molecule has 1 N–H and O–H groups in total. The number of carbonyl (C=O) groups excluding carboxylic acids is 1. The summed E-state index contributed by atoms with van der Waals surface area (Å²) in [6.45, 7) is 0. The number of aryl methyl sites for hydroxylation is 2. The molecule has 0 saturated carbocycles. The number of thiophene rings is 1. The lowest BCUT2D eigenvalue weighted by Crippen LogP contribution is -2.10. The van der Waals surface area contributed by atoms with Gasteiger partial charge in [0, 0.05) is 22.3 Å². The fourth-order valence-electron chi connectivity index (χ4n) is 2.88. The molecule has 0 aliphatic heterocycles. The summed E-state index contributed by atoms with van der Waals surface area (Å²) in [6.07, 6.45) is 5.13. The van der Waals surface area contributed by atoms with Crippen molar-refractivity contribution in [2.24, 2.45) is 0 Å². The largest absolute Gasteiger partial charge is 0.321 e. The molecule has 0 atom stereocenters. The number of anilines is 1. The number of pyridine rings is 1. The first-order valence-electron chi connectivity index (χ1n) is 8.24. The maximum absolute atomic E-state index is 12.5. The number of hydrogen-bond acceptors (Lipinski definition) is 3. The van der Waals surface area contributed by atoms with E-state index in [1.54, 1.807) is 17.5 Å². The van der Waals surface area contributed by atoms with E-state index in [-0.39, 0.29) is 5.91 Å². The quantitative estimate of drug-likeness (QED) is 0.705. The lowest BCUT2D eigenvalue weighted by molar-refractivity contribution is 0.103. The van der Waals surface area contributed by atoms with Crippen LogP contribution in [0.25, 0.3) is 0 Å². The first kappa shape index (κ1) is 15.6. The molecule has 0 radical (unpaired) electrons. The van der Waals surface area contributed by atoms with Gasteiger partial charge in [-0.15, -0.1) is 11.3 Å². The molecule has 25 heavy (non-hydrogen) atoms. The summed E-state index contributed by atoms with van der Waals surface area (Å²) >= 11 is 1.61. The average molecular weight is 344 g/mol. The van der Waals surface area contributed by atoms with Gasteiger partial charge in [-0.2, -0.15) is 0 Å². The molecule has 2 heterocycles. The van der Waals surface area contributed by atoms with Crippen molar-refractivity contribution in [1.29, 1.82) is 0 Å². The Morgan fingerprint density at radius 3 is 2.88 bits per heavy atom. The third-order valence-electron chi connectivity index (χ3n) is 4.09. The van der Waals surface area contributed by atoms with Gasteiger partial charge in [0.15, 0.2) is 0 Å². The lowest BCUT2D eigenvalue weighted by atomic mass is 10.2. The van der Waals surface area contributed by atoms with E-state index in [1.165, 1.54) is 16.9 Å². The number of aromatic nitrogens is 1. The van der Waals surface area contributed by atoms with Gasteiger partial charge in [0.2, 0.25) is 0 Å². The standard InChI is InChI=1S/C21H16N2OS/c24-21(20-14-16-6-4-9-19(16)25-20)23-18-8-3-5-15(13-18)10-11-17-7-1-2-12-22-17/h1-3,5,7-8,12-14H,4,6,9H2,(H,23,24). The Balaban J connectivity index is 1.49. The Morgan fingerprint density at radius 1 is 1.08 bits per heavy atom. The average Bonchev–Trinajstić information content (AvgIpc) is 3.23. The number of rotatable bonds is 2. The topological polar surface area (TPSA) is 42.0 Å². The van der Waals surface area contributed by atoms with Gasteiger partial charge in [-0.1, -0.05) is 18.1 Å². The van der Waals surface area contributed by atoms with Gasteiger partial charge in [-0.3, -0.25) is 4.79 Å². The summed E-state index contributed by atoms with van der Waals surface area (Å²) in [5, 5.41) is 2.97. The number of hydrogen-bond donors (Lipinski definition) is 1. The van der Waals surface area contributed by atoms with Crippen LogP contribution in [0.5, 0.6) is 0 Å². The molecule has 0 fully saturated rings. The van der Waals surface area contributed by atoms with Crippen LogP contribution in [0.1, 0.15) is 37.8 Å². The number of carbonyl (C=O) groups is 1. The highest BCUT2D eigenvalue weighted by molar-refractivity contribution is 7.14. The molecule has 2 aromatic heterocycles. The smallest absolute Gasteiger partial charge is 0.265 e. The van der Waals surface area contributed by atoms with Crippen molar-refractivity contribution in [1.82, 2.24) is 4.98 Å². The normalized spacial score (nSPS) is 12.2. The minimum atomic E-state index is -0.0470. The fourth-order valence-corrected chi connectivity index (χ4v) is 4.03. The number of nitrogens with zero attached hydrogens (tertiary/aromatic N) is 1. The van der Waals surface area contributed by atoms with Crippen LogP contribution in [0.3, 0.4) is 0 Å². The molecule has 0 saturated heterocycles. The van der Waals surface area contributed by atoms with Crippen molar-refractivity contribution in [3.8, 4) is 11.8 Å². The SMILES string of the molecule is O=C(Nc1cccc(C#Cc2ccccn2)c1)c1cc2c(s1)CCC2. The maximum Gasteiger partial charge on any atom is 0.265 e. The molecule has 3 nitrogen and oxygen atoms in total. The molecule has 4 rings (SSSR count). The first-order valence-corrected chi connectivity index (χ1v) is 9.06. The Kier molecular flexibility index (Phi) is 4.32. The Hall–Kier alpha value is -2.90. The van der Waals surface area contributed by atoms with E-state index in [1.807, 2.05) is 48.5 Å². The van der Waals surface area contributed by atoms with Gasteiger partial charge in [0.25, 0.3) is 5.91 Å². The van der Waals surface area contributed by atoms with Gasteiger partial charge >= 0.3 is 0 Å². The minimum Gasteiger partial charge on any atom is -0.321 e. The predicted molar refractivity (Wildman–Crippen MR) is 101 cm³/mol. The number of amides is 1. The third kappa shape index (κ3) is 3.62. The van der Waals surface area contributed by atoms with Crippen LogP contribution in [0.15, 0.2) is 54.7 Å². The van der Waals surface area contributed by atoms with Gasteiger partial charge in [-0.05, 0) is 67.1 Å². The van der Waals surface area contributed by atoms with Crippen molar-refractivity contribution in [3.63, 3.8) is 0 Å². The van der Waals surface area contributed by atoms with Gasteiger partial charge in [0.05, 0.1) is 4.88 Å². The minimum absolute atomic E-state index is 0.0470. The zero-order valence-electron chi connectivity index (χ0n) is 13.6. The van der Waals surface area contributed by atoms with Crippen LogP contribution in [0.2, 0.25) is 0 Å². The molecule has 1 aliphatic rings. The van der Waals surface area contributed by atoms with E-state index in [2.05, 4.69) is 22.1 Å². The maximum atomic E-state index is 12.5. The highest BCUT2D eigenvalue weighted by Gasteiger charge is 2.18. The monoisotopic (exact) mass is 344 g/mol. The van der Waals surface area contributed by atoms with Crippen LogP contribution in [-0.2, 0) is 12.8 Å². The van der Waals surface area contributed by atoms with Crippen LogP contribution < -0.4 is 5.32 Å². The zero-order chi connectivity index (χ0) is 17.1. The van der Waals surface area contributed by atoms with E-state index in [9.17, 15) is 4.79 Å². The lowest BCUT2D eigenvalue weighted by Gasteiger charge is -2.04. The first-order chi connectivity index (χ1) is 12.3. The molecule has 1 amide bonds. The van der Waals surface area contributed by atoms with E-state index >= 15 is 0 Å². The third-order valence-corrected chi connectivity index (χ3v) is 5.33. The van der Waals surface area contributed by atoms with Crippen LogP contribution in [0.4, 0.5) is 5.69 Å². The molecule has 1 aromatic carbocycles. The van der Waals surface area contributed by atoms with Crippen LogP contribution in [-0.4, -0.2) is 10.9 Å². The van der Waals surface area contributed by atoms with Crippen molar-refractivity contribution in [2.75, 3.05) is 5.32 Å². The van der Waals surface area contributed by atoms with E-state index in [4.69, 9.17) is 0 Å². The number of benzene rings is 1. The fraction of sp³-hybridized carbons (Fsp3) is 0.143. The molecule has 4 heteroatoms. The Bertz CT molecular complexity index is 958. The second-order valence-corrected chi connectivity index (χ2v) is 7.05. The van der Waals surface area contributed by atoms with E-state index < -0.39 is 0 Å². The molecule has 0 unspecified atom stereocenters. The van der Waals surface area contributed by atoms with Gasteiger partial charge < -0.3 is 5.32 Å². The van der Waals surface area contributed by atoms with Gasteiger partial charge in [-0.25, -0.2) is 4.98 Å². The molecule has 3 aromatic rings. The summed E-state index contributed by atoms with van der Waals surface area (Å²) < 4.78 is 0. The van der Waals surface area contributed by atoms with Crippen molar-refractivity contribution >= 4 is 22.9 Å². The van der Waals surface area contributed by atoms with E-state index in [0.29, 0.717) is 0 Å². The zero-order valence-corrected chi connectivity index (χ0v) is 14.4. The van der Waals surface area contributed by atoms with E-state index in [0.717, 1.165) is 34.7 Å². The highest BCUT2D eigenvalue weighted by Crippen LogP contribution is 2.31. The number of nitrogens with one attached hydrogen (secondary N) is 1. The second kappa shape index (κ2) is 6.92. The highest BCUT2D eigenvalue weighted by atomic mass is 32.1. The molecule has 122 valence electrons. The molecule has 0 bridgehead atoms.